The summed E-state index contributed by atoms with van der Waals surface area (Å²) >= 11 is 1.54. The largest absolute Gasteiger partial charge is 0.495 e. The minimum absolute atomic E-state index is 0.116. The van der Waals surface area contributed by atoms with Crippen LogP contribution in [0.5, 0.6) is 5.75 Å². The number of nitrogens with one attached hydrogen (secondary N) is 3. The van der Waals surface area contributed by atoms with Crippen molar-refractivity contribution in [1.82, 2.24) is 20.2 Å². The van der Waals surface area contributed by atoms with Crippen LogP contribution < -0.4 is 26.4 Å². The fourth-order valence-corrected chi connectivity index (χ4v) is 6.53. The van der Waals surface area contributed by atoms with Crippen molar-refractivity contribution in [1.29, 1.82) is 0 Å². The molecule has 2 aromatic carbocycles. The predicted molar refractivity (Wildman–Crippen MR) is 170 cm³/mol. The van der Waals surface area contributed by atoms with Crippen LogP contribution in [-0.4, -0.2) is 47.6 Å². The number of para-hydroxylation sites is 1. The molecule has 5 aromatic rings. The van der Waals surface area contributed by atoms with E-state index in [2.05, 4.69) is 20.9 Å². The molecular weight excluding hydrogens is 548 g/mol. The molecular formula is C32H32N6O3S. The Labute approximate surface area is 247 Å². The lowest BCUT2D eigenvalue weighted by molar-refractivity contribution is -0.117. The fraction of sp³-hybridized carbons (Fsp3) is 0.219. The maximum atomic E-state index is 13.2. The summed E-state index contributed by atoms with van der Waals surface area (Å²) < 4.78 is 8.50. The molecule has 0 aliphatic carbocycles. The number of aromatic nitrogens is 2. The molecule has 42 heavy (non-hydrogen) atoms. The second-order valence-electron chi connectivity index (χ2n) is 10.3. The Hall–Kier alpha value is -4.67. The van der Waals surface area contributed by atoms with Gasteiger partial charge >= 0.3 is 0 Å². The number of benzene rings is 2. The van der Waals surface area contributed by atoms with E-state index < -0.39 is 0 Å². The monoisotopic (exact) mass is 580 g/mol. The molecule has 0 unspecified atom stereocenters. The number of nitrogens with zero attached hydrogens (tertiary/aromatic N) is 2. The predicted octanol–water partition coefficient (Wildman–Crippen LogP) is 5.18. The number of methoxy groups -OCH3 is 1. The van der Waals surface area contributed by atoms with Gasteiger partial charge in [-0.1, -0.05) is 24.3 Å². The molecule has 10 heteroatoms. The van der Waals surface area contributed by atoms with Crippen LogP contribution in [0, 0.1) is 0 Å². The lowest BCUT2D eigenvalue weighted by Gasteiger charge is -2.22. The van der Waals surface area contributed by atoms with Crippen molar-refractivity contribution < 1.29 is 14.3 Å². The molecule has 0 bridgehead atoms. The van der Waals surface area contributed by atoms with E-state index in [1.807, 2.05) is 65.5 Å². The van der Waals surface area contributed by atoms with Crippen LogP contribution >= 0.6 is 11.3 Å². The van der Waals surface area contributed by atoms with Gasteiger partial charge < -0.3 is 31.0 Å². The molecule has 0 radical (unpaired) electrons. The zero-order valence-electron chi connectivity index (χ0n) is 23.4. The summed E-state index contributed by atoms with van der Waals surface area (Å²) in [5.74, 6) is 0.588. The first kappa shape index (κ1) is 27.5. The third-order valence-corrected chi connectivity index (χ3v) is 8.73. The molecule has 1 aliphatic rings. The van der Waals surface area contributed by atoms with Crippen molar-refractivity contribution in [2.24, 2.45) is 7.05 Å². The van der Waals surface area contributed by atoms with Gasteiger partial charge in [0, 0.05) is 57.5 Å². The third kappa shape index (κ3) is 5.34. The van der Waals surface area contributed by atoms with E-state index in [4.69, 9.17) is 10.5 Å². The summed E-state index contributed by atoms with van der Waals surface area (Å²) in [7, 11) is 3.45. The molecule has 1 fully saturated rings. The summed E-state index contributed by atoms with van der Waals surface area (Å²) in [5.41, 5.74) is 11.1. The van der Waals surface area contributed by atoms with Crippen molar-refractivity contribution in [3.05, 3.63) is 77.4 Å². The average molecular weight is 581 g/mol. The lowest BCUT2D eigenvalue weighted by Crippen LogP contribution is -2.42. The smallest absolute Gasteiger partial charge is 0.272 e. The molecule has 3 aromatic heterocycles. The van der Waals surface area contributed by atoms with Crippen LogP contribution in [0.4, 0.5) is 11.5 Å². The molecule has 0 saturated carbocycles. The Morgan fingerprint density at radius 2 is 1.98 bits per heavy atom. The SMILES string of the molecule is COc1cc(-c2csc3c(/C=C/C(=O)NC4CCNCC4)cnc(N)c23)ccc1NC(=O)c1cc2ccccc2n1C. The molecule has 2 amide bonds. The quantitative estimate of drug-likeness (QED) is 0.197. The number of thiophene rings is 1. The highest BCUT2D eigenvalue weighted by atomic mass is 32.1. The number of pyridine rings is 1. The molecule has 6 rings (SSSR count). The standard InChI is InChI=1S/C32H32N6O3S/c1-38-25-6-4-3-5-20(25)15-26(38)32(40)37-24-9-7-19(16-27(24)41-2)23-18-42-30-21(17-35-31(33)29(23)30)8-10-28(39)36-22-11-13-34-14-12-22/h3-10,15-18,22,34H,11-14H2,1-2H3,(H2,33,35)(H,36,39)(H,37,40)/b10-8+. The van der Waals surface area contributed by atoms with E-state index in [9.17, 15) is 9.59 Å². The summed E-state index contributed by atoms with van der Waals surface area (Å²) in [6.07, 6.45) is 6.90. The molecule has 214 valence electrons. The molecule has 1 aliphatic heterocycles. The maximum Gasteiger partial charge on any atom is 0.272 e. The fourth-order valence-electron chi connectivity index (χ4n) is 5.45. The van der Waals surface area contributed by atoms with Gasteiger partial charge in [0.1, 0.15) is 17.3 Å². The van der Waals surface area contributed by atoms with Crippen LogP contribution in [0.2, 0.25) is 0 Å². The van der Waals surface area contributed by atoms with Gasteiger partial charge in [-0.05, 0) is 67.2 Å². The molecule has 1 saturated heterocycles. The highest BCUT2D eigenvalue weighted by molar-refractivity contribution is 7.18. The zero-order chi connectivity index (χ0) is 29.2. The zero-order valence-corrected chi connectivity index (χ0v) is 24.3. The highest BCUT2D eigenvalue weighted by Gasteiger charge is 2.19. The average Bonchev–Trinajstić information content (AvgIpc) is 3.60. The summed E-state index contributed by atoms with van der Waals surface area (Å²) in [4.78, 5) is 30.2. The number of carbonyl (C=O) groups is 2. The van der Waals surface area contributed by atoms with Gasteiger partial charge in [-0.15, -0.1) is 11.3 Å². The molecule has 9 nitrogen and oxygen atoms in total. The first-order valence-electron chi connectivity index (χ1n) is 13.8. The van der Waals surface area contributed by atoms with Crippen molar-refractivity contribution in [3.63, 3.8) is 0 Å². The molecule has 0 atom stereocenters. The summed E-state index contributed by atoms with van der Waals surface area (Å²) in [6, 6.07) is 15.6. The van der Waals surface area contributed by atoms with Gasteiger partial charge in [-0.2, -0.15) is 0 Å². The maximum absolute atomic E-state index is 13.2. The number of nitrogens with two attached hydrogens (primary N) is 1. The number of nitrogen functional groups attached to an aromatic ring is 1. The summed E-state index contributed by atoms with van der Waals surface area (Å²) in [5, 5.41) is 13.2. The first-order chi connectivity index (χ1) is 20.4. The van der Waals surface area contributed by atoms with Crippen LogP contribution in [0.3, 0.4) is 0 Å². The number of rotatable bonds is 7. The number of carbonyl (C=O) groups excluding carboxylic acids is 2. The number of hydrogen-bond acceptors (Lipinski definition) is 7. The summed E-state index contributed by atoms with van der Waals surface area (Å²) in [6.45, 7) is 1.83. The number of amides is 2. The highest BCUT2D eigenvalue weighted by Crippen LogP contribution is 2.41. The normalized spacial score (nSPS) is 14.0. The topological polar surface area (TPSA) is 123 Å². The minimum atomic E-state index is -0.227. The Balaban J connectivity index is 1.25. The number of aryl methyl sites for hydroxylation is 1. The van der Waals surface area contributed by atoms with E-state index in [1.165, 1.54) is 0 Å². The van der Waals surface area contributed by atoms with E-state index in [-0.39, 0.29) is 17.9 Å². The number of hydrogen-bond donors (Lipinski definition) is 4. The van der Waals surface area contributed by atoms with E-state index in [0.717, 1.165) is 63.6 Å². The van der Waals surface area contributed by atoms with Crippen molar-refractivity contribution in [2.45, 2.75) is 18.9 Å². The van der Waals surface area contributed by atoms with Crippen LogP contribution in [0.1, 0.15) is 28.9 Å². The third-order valence-electron chi connectivity index (χ3n) is 7.70. The van der Waals surface area contributed by atoms with Crippen LogP contribution in [0.15, 0.2) is 66.2 Å². The van der Waals surface area contributed by atoms with E-state index >= 15 is 0 Å². The molecule has 4 heterocycles. The van der Waals surface area contributed by atoms with Crippen molar-refractivity contribution in [3.8, 4) is 16.9 Å². The van der Waals surface area contributed by atoms with Crippen LogP contribution in [-0.2, 0) is 11.8 Å². The van der Waals surface area contributed by atoms with Gasteiger partial charge in [0.25, 0.3) is 5.91 Å². The Kier molecular flexibility index (Phi) is 7.64. The molecule has 5 N–H and O–H groups in total. The number of fused-ring (bicyclic) bond motifs is 2. The second-order valence-corrected chi connectivity index (χ2v) is 11.2. The molecule has 0 spiro atoms. The first-order valence-corrected chi connectivity index (χ1v) is 14.7. The van der Waals surface area contributed by atoms with Gasteiger partial charge in [0.15, 0.2) is 0 Å². The number of piperidine rings is 1. The number of ether oxygens (including phenoxy) is 1. The minimum Gasteiger partial charge on any atom is -0.495 e. The number of anilines is 2. The van der Waals surface area contributed by atoms with Gasteiger partial charge in [-0.25, -0.2) is 4.98 Å². The van der Waals surface area contributed by atoms with E-state index in [1.54, 1.807) is 36.8 Å². The Morgan fingerprint density at radius 1 is 1.17 bits per heavy atom. The van der Waals surface area contributed by atoms with E-state index in [0.29, 0.717) is 22.9 Å². The van der Waals surface area contributed by atoms with Crippen molar-refractivity contribution in [2.75, 3.05) is 31.2 Å². The Morgan fingerprint density at radius 3 is 2.76 bits per heavy atom. The Bertz CT molecular complexity index is 1830. The van der Waals surface area contributed by atoms with Crippen molar-refractivity contribution >= 4 is 61.7 Å². The van der Waals surface area contributed by atoms with Gasteiger partial charge in [-0.3, -0.25) is 9.59 Å². The lowest BCUT2D eigenvalue weighted by atomic mass is 10.0. The second kappa shape index (κ2) is 11.7. The van der Waals surface area contributed by atoms with Crippen LogP contribution in [0.25, 0.3) is 38.2 Å². The van der Waals surface area contributed by atoms with Gasteiger partial charge in [0.2, 0.25) is 5.91 Å². The van der Waals surface area contributed by atoms with Gasteiger partial charge in [0.05, 0.1) is 12.8 Å².